The number of hydrogen-bond acceptors (Lipinski definition) is 4. The van der Waals surface area contributed by atoms with Crippen LogP contribution in [0.15, 0.2) is 30.5 Å². The van der Waals surface area contributed by atoms with Crippen molar-refractivity contribution in [3.8, 4) is 0 Å². The van der Waals surface area contributed by atoms with Gasteiger partial charge >= 0.3 is 0 Å². The van der Waals surface area contributed by atoms with Crippen LogP contribution >= 0.6 is 0 Å². The van der Waals surface area contributed by atoms with Gasteiger partial charge in [-0.3, -0.25) is 4.79 Å². The third-order valence-corrected chi connectivity index (χ3v) is 4.01. The molecule has 1 aromatic carbocycles. The summed E-state index contributed by atoms with van der Waals surface area (Å²) in [6.07, 6.45) is 3.50. The summed E-state index contributed by atoms with van der Waals surface area (Å²) in [5.74, 6) is -0.0476. The van der Waals surface area contributed by atoms with Gasteiger partial charge in [-0.15, -0.1) is 0 Å². The van der Waals surface area contributed by atoms with E-state index in [1.807, 2.05) is 4.90 Å². The van der Waals surface area contributed by atoms with E-state index in [0.29, 0.717) is 5.69 Å². The van der Waals surface area contributed by atoms with Gasteiger partial charge < -0.3 is 9.80 Å². The Kier molecular flexibility index (Phi) is 4.20. The summed E-state index contributed by atoms with van der Waals surface area (Å²) >= 11 is 0. The van der Waals surface area contributed by atoms with Crippen molar-refractivity contribution in [3.63, 3.8) is 0 Å². The van der Waals surface area contributed by atoms with Crippen molar-refractivity contribution in [2.45, 2.75) is 25.4 Å². The van der Waals surface area contributed by atoms with Gasteiger partial charge in [-0.05, 0) is 38.1 Å². The van der Waals surface area contributed by atoms with E-state index in [4.69, 9.17) is 0 Å². The maximum atomic E-state index is 12.5. The van der Waals surface area contributed by atoms with Crippen LogP contribution in [0.5, 0.6) is 0 Å². The Balaban J connectivity index is 1.77. The molecule has 1 fully saturated rings. The lowest BCUT2D eigenvalue weighted by Crippen LogP contribution is -2.30. The van der Waals surface area contributed by atoms with Gasteiger partial charge in [-0.25, -0.2) is 0 Å². The molecule has 0 bridgehead atoms. The fourth-order valence-corrected chi connectivity index (χ4v) is 3.02. The summed E-state index contributed by atoms with van der Waals surface area (Å²) in [5.41, 5.74) is 2.86. The lowest BCUT2D eigenvalue weighted by Gasteiger charge is -2.24. The predicted octanol–water partition coefficient (Wildman–Crippen LogP) is 1.84. The number of nitrogens with one attached hydrogen (secondary N) is 1. The molecule has 6 heteroatoms. The van der Waals surface area contributed by atoms with E-state index in [9.17, 15) is 4.79 Å². The van der Waals surface area contributed by atoms with E-state index in [1.165, 1.54) is 17.3 Å². The molecule has 116 valence electrons. The van der Waals surface area contributed by atoms with Crippen LogP contribution in [0.1, 0.15) is 40.5 Å². The molecule has 1 aliphatic rings. The van der Waals surface area contributed by atoms with Crippen molar-refractivity contribution in [2.24, 2.45) is 0 Å². The SMILES string of the molecule is CN(C)Cc1ccc(C2CCCN2C(=O)c2cn[nH]n2)cc1. The second kappa shape index (κ2) is 6.27. The molecule has 3 rings (SSSR count). The summed E-state index contributed by atoms with van der Waals surface area (Å²) in [6, 6.07) is 8.70. The number of benzene rings is 1. The number of carbonyl (C=O) groups excluding carboxylic acids is 1. The molecular formula is C16H21N5O. The lowest BCUT2D eigenvalue weighted by molar-refractivity contribution is 0.0729. The highest BCUT2D eigenvalue weighted by molar-refractivity contribution is 5.92. The van der Waals surface area contributed by atoms with Gasteiger partial charge in [0.1, 0.15) is 0 Å². The summed E-state index contributed by atoms with van der Waals surface area (Å²) in [7, 11) is 4.12. The standard InChI is InChI=1S/C16H21N5O/c1-20(2)11-12-5-7-13(8-6-12)15-4-3-9-21(15)16(22)14-10-17-19-18-14/h5-8,10,15H,3-4,9,11H2,1-2H3,(H,17,18,19). The van der Waals surface area contributed by atoms with Crippen LogP contribution in [-0.4, -0.2) is 51.8 Å². The van der Waals surface area contributed by atoms with Gasteiger partial charge in [-0.1, -0.05) is 24.3 Å². The molecule has 22 heavy (non-hydrogen) atoms. The highest BCUT2D eigenvalue weighted by Gasteiger charge is 2.31. The molecule has 0 aliphatic carbocycles. The fourth-order valence-electron chi connectivity index (χ4n) is 3.02. The zero-order valence-corrected chi connectivity index (χ0v) is 13.0. The fraction of sp³-hybridized carbons (Fsp3) is 0.438. The molecule has 1 unspecified atom stereocenters. The molecule has 0 saturated carbocycles. The van der Waals surface area contributed by atoms with Gasteiger partial charge in [0, 0.05) is 13.1 Å². The summed E-state index contributed by atoms with van der Waals surface area (Å²) in [5, 5.41) is 10.1. The highest BCUT2D eigenvalue weighted by Crippen LogP contribution is 2.33. The van der Waals surface area contributed by atoms with E-state index in [2.05, 4.69) is 58.7 Å². The van der Waals surface area contributed by atoms with Gasteiger partial charge in [0.2, 0.25) is 0 Å². The Morgan fingerprint density at radius 2 is 2.14 bits per heavy atom. The van der Waals surface area contributed by atoms with E-state index in [0.717, 1.165) is 25.9 Å². The van der Waals surface area contributed by atoms with Crippen LogP contribution in [0.4, 0.5) is 0 Å². The zero-order valence-electron chi connectivity index (χ0n) is 13.0. The molecule has 2 heterocycles. The van der Waals surface area contributed by atoms with Gasteiger partial charge in [0.25, 0.3) is 5.91 Å². The quantitative estimate of drug-likeness (QED) is 0.935. The van der Waals surface area contributed by atoms with Gasteiger partial charge in [-0.2, -0.15) is 15.4 Å². The van der Waals surface area contributed by atoms with Crippen LogP contribution in [0.3, 0.4) is 0 Å². The van der Waals surface area contributed by atoms with Gasteiger partial charge in [0.05, 0.1) is 12.2 Å². The maximum Gasteiger partial charge on any atom is 0.276 e. The molecule has 0 radical (unpaired) electrons. The summed E-state index contributed by atoms with van der Waals surface area (Å²) < 4.78 is 0. The average molecular weight is 299 g/mol. The molecule has 1 saturated heterocycles. The van der Waals surface area contributed by atoms with E-state index >= 15 is 0 Å². The first kappa shape index (κ1) is 14.7. The largest absolute Gasteiger partial charge is 0.330 e. The van der Waals surface area contributed by atoms with Crippen LogP contribution in [0, 0.1) is 0 Å². The number of likely N-dealkylation sites (tertiary alicyclic amines) is 1. The third kappa shape index (κ3) is 3.01. The minimum atomic E-state index is -0.0476. The first-order chi connectivity index (χ1) is 10.6. The number of nitrogens with zero attached hydrogens (tertiary/aromatic N) is 4. The monoisotopic (exact) mass is 299 g/mol. The Bertz CT molecular complexity index is 620. The summed E-state index contributed by atoms with van der Waals surface area (Å²) in [6.45, 7) is 1.70. The number of rotatable bonds is 4. The molecule has 1 aromatic heterocycles. The van der Waals surface area contributed by atoms with Crippen molar-refractivity contribution >= 4 is 5.91 Å². The molecular weight excluding hydrogens is 278 g/mol. The predicted molar refractivity (Wildman–Crippen MR) is 83.2 cm³/mol. The summed E-state index contributed by atoms with van der Waals surface area (Å²) in [4.78, 5) is 16.5. The number of aromatic nitrogens is 3. The maximum absolute atomic E-state index is 12.5. The normalized spacial score (nSPS) is 18.1. The van der Waals surface area contributed by atoms with Crippen molar-refractivity contribution in [1.82, 2.24) is 25.2 Å². The van der Waals surface area contributed by atoms with Crippen LogP contribution in [0.25, 0.3) is 0 Å². The Labute approximate surface area is 130 Å². The Morgan fingerprint density at radius 1 is 1.36 bits per heavy atom. The van der Waals surface area contributed by atoms with Crippen LogP contribution in [-0.2, 0) is 6.54 Å². The number of amides is 1. The molecule has 0 spiro atoms. The minimum Gasteiger partial charge on any atom is -0.330 e. The van der Waals surface area contributed by atoms with Crippen molar-refractivity contribution in [1.29, 1.82) is 0 Å². The highest BCUT2D eigenvalue weighted by atomic mass is 16.2. The smallest absolute Gasteiger partial charge is 0.276 e. The van der Waals surface area contributed by atoms with E-state index < -0.39 is 0 Å². The minimum absolute atomic E-state index is 0.0476. The second-order valence-corrected chi connectivity index (χ2v) is 5.99. The van der Waals surface area contributed by atoms with Crippen LogP contribution < -0.4 is 0 Å². The van der Waals surface area contributed by atoms with E-state index in [-0.39, 0.29) is 11.9 Å². The zero-order chi connectivity index (χ0) is 15.5. The molecule has 2 aromatic rings. The molecule has 1 atom stereocenters. The molecule has 1 aliphatic heterocycles. The number of hydrogen-bond donors (Lipinski definition) is 1. The number of carbonyl (C=O) groups is 1. The second-order valence-electron chi connectivity index (χ2n) is 5.99. The number of aromatic amines is 1. The topological polar surface area (TPSA) is 65.1 Å². The Hall–Kier alpha value is -2.21. The lowest BCUT2D eigenvalue weighted by atomic mass is 10.0. The number of H-pyrrole nitrogens is 1. The van der Waals surface area contributed by atoms with Crippen molar-refractivity contribution < 1.29 is 4.79 Å². The average Bonchev–Trinajstić information content (AvgIpc) is 3.18. The van der Waals surface area contributed by atoms with Gasteiger partial charge in [0.15, 0.2) is 5.69 Å². The molecule has 1 N–H and O–H groups in total. The van der Waals surface area contributed by atoms with Crippen molar-refractivity contribution in [3.05, 3.63) is 47.3 Å². The van der Waals surface area contributed by atoms with Crippen LogP contribution in [0.2, 0.25) is 0 Å². The van der Waals surface area contributed by atoms with Crippen molar-refractivity contribution in [2.75, 3.05) is 20.6 Å². The first-order valence-electron chi connectivity index (χ1n) is 7.55. The molecule has 6 nitrogen and oxygen atoms in total. The first-order valence-corrected chi connectivity index (χ1v) is 7.55. The van der Waals surface area contributed by atoms with E-state index in [1.54, 1.807) is 0 Å². The Morgan fingerprint density at radius 3 is 2.77 bits per heavy atom. The molecule has 1 amide bonds. The third-order valence-electron chi connectivity index (χ3n) is 4.01.